The molecule has 0 aromatic heterocycles. The van der Waals surface area contributed by atoms with Gasteiger partial charge in [0.15, 0.2) is 6.10 Å². The minimum absolute atomic E-state index is 0.199. The summed E-state index contributed by atoms with van der Waals surface area (Å²) in [6, 6.07) is 0. The molecule has 0 saturated heterocycles. The van der Waals surface area contributed by atoms with Gasteiger partial charge in [0.05, 0.1) is 41.3 Å². The molecule has 0 atom stereocenters. The van der Waals surface area contributed by atoms with Gasteiger partial charge in [-0.1, -0.05) is 129 Å². The molecule has 0 aromatic rings. The molecule has 3 nitrogen and oxygen atoms in total. The van der Waals surface area contributed by atoms with Crippen LogP contribution in [0.1, 0.15) is 155 Å². The van der Waals surface area contributed by atoms with Gasteiger partial charge in [-0.3, -0.25) is 0 Å². The van der Waals surface area contributed by atoms with E-state index in [-0.39, 0.29) is 6.10 Å². The zero-order chi connectivity index (χ0) is 27.0. The molecule has 1 N–H and O–H groups in total. The lowest BCUT2D eigenvalue weighted by molar-refractivity contribution is -0.914. The van der Waals surface area contributed by atoms with Gasteiger partial charge < -0.3 is 14.1 Å². The SMILES string of the molecule is CCCCCCCCCCCCC[N+](C)(C)CC(O)C[N+](C)(C)CCCCCCCCCCCCC. The molecule has 0 fully saturated rings. The fraction of sp³-hybridized carbons (Fsp3) is 1.00. The summed E-state index contributed by atoms with van der Waals surface area (Å²) in [5, 5.41) is 10.8. The third-order valence-corrected chi connectivity index (χ3v) is 8.14. The highest BCUT2D eigenvalue weighted by molar-refractivity contribution is 4.55. The van der Waals surface area contributed by atoms with Crippen LogP contribution >= 0.6 is 0 Å². The molecule has 0 unspecified atom stereocenters. The number of likely N-dealkylation sites (N-methyl/N-ethyl adjacent to an activating group) is 2. The predicted molar refractivity (Wildman–Crippen MR) is 163 cm³/mol. The highest BCUT2D eigenvalue weighted by Gasteiger charge is 2.26. The quantitative estimate of drug-likeness (QED) is 0.0818. The summed E-state index contributed by atoms with van der Waals surface area (Å²) in [5.41, 5.74) is 0. The number of aliphatic hydroxyl groups excluding tert-OH is 1. The van der Waals surface area contributed by atoms with Crippen molar-refractivity contribution in [3.05, 3.63) is 0 Å². The first-order valence-corrected chi connectivity index (χ1v) is 16.5. The van der Waals surface area contributed by atoms with Gasteiger partial charge in [0.25, 0.3) is 0 Å². The van der Waals surface area contributed by atoms with Gasteiger partial charge in [-0.2, -0.15) is 0 Å². The van der Waals surface area contributed by atoms with Crippen molar-refractivity contribution >= 4 is 0 Å². The van der Waals surface area contributed by atoms with Crippen molar-refractivity contribution in [3.63, 3.8) is 0 Å². The van der Waals surface area contributed by atoms with Gasteiger partial charge in [-0.25, -0.2) is 0 Å². The van der Waals surface area contributed by atoms with Gasteiger partial charge in [-0.05, 0) is 25.7 Å². The van der Waals surface area contributed by atoms with Crippen LogP contribution in [0.2, 0.25) is 0 Å². The lowest BCUT2D eigenvalue weighted by Crippen LogP contribution is -2.53. The Balaban J connectivity index is 3.74. The van der Waals surface area contributed by atoms with Crippen LogP contribution < -0.4 is 0 Å². The van der Waals surface area contributed by atoms with Crippen molar-refractivity contribution in [2.45, 2.75) is 161 Å². The lowest BCUT2D eigenvalue weighted by atomic mass is 10.1. The van der Waals surface area contributed by atoms with Crippen molar-refractivity contribution in [1.29, 1.82) is 0 Å². The zero-order valence-electron chi connectivity index (χ0n) is 26.3. The molecule has 0 amide bonds. The number of quaternary nitrogens is 2. The Morgan fingerprint density at radius 1 is 0.389 bits per heavy atom. The van der Waals surface area contributed by atoms with E-state index < -0.39 is 0 Å². The summed E-state index contributed by atoms with van der Waals surface area (Å²) < 4.78 is 1.91. The molecule has 0 aliphatic heterocycles. The van der Waals surface area contributed by atoms with E-state index in [9.17, 15) is 5.11 Å². The molecule has 0 spiro atoms. The highest BCUT2D eigenvalue weighted by atomic mass is 16.3. The molecular formula is C33H72N2O+2. The molecule has 0 saturated carbocycles. The summed E-state index contributed by atoms with van der Waals surface area (Å²) in [6.45, 7) is 8.75. The van der Waals surface area contributed by atoms with E-state index in [4.69, 9.17) is 0 Å². The van der Waals surface area contributed by atoms with Crippen LogP contribution in [0.15, 0.2) is 0 Å². The van der Waals surface area contributed by atoms with Crippen molar-refractivity contribution in [2.24, 2.45) is 0 Å². The first-order valence-electron chi connectivity index (χ1n) is 16.5. The van der Waals surface area contributed by atoms with Gasteiger partial charge in [-0.15, -0.1) is 0 Å². The number of aliphatic hydroxyl groups is 1. The van der Waals surface area contributed by atoms with Crippen molar-refractivity contribution in [1.82, 2.24) is 0 Å². The molecule has 218 valence electrons. The van der Waals surface area contributed by atoms with E-state index in [2.05, 4.69) is 42.0 Å². The molecule has 0 rings (SSSR count). The van der Waals surface area contributed by atoms with Gasteiger partial charge in [0.1, 0.15) is 13.1 Å². The maximum atomic E-state index is 10.8. The maximum absolute atomic E-state index is 10.8. The van der Waals surface area contributed by atoms with E-state index in [0.717, 1.165) is 22.1 Å². The molecule has 0 bridgehead atoms. The Kier molecular flexibility index (Phi) is 23.9. The number of rotatable bonds is 28. The molecular weight excluding hydrogens is 440 g/mol. The first kappa shape index (κ1) is 35.9. The fourth-order valence-corrected chi connectivity index (χ4v) is 5.79. The monoisotopic (exact) mass is 513 g/mol. The van der Waals surface area contributed by atoms with Crippen molar-refractivity contribution < 1.29 is 14.1 Å². The third-order valence-electron chi connectivity index (χ3n) is 8.14. The summed E-state index contributed by atoms with van der Waals surface area (Å²) in [6.07, 6.45) is 30.6. The number of nitrogens with zero attached hydrogens (tertiary/aromatic N) is 2. The second kappa shape index (κ2) is 24.0. The average Bonchev–Trinajstić information content (AvgIpc) is 2.80. The molecule has 0 radical (unpaired) electrons. The van der Waals surface area contributed by atoms with Crippen LogP contribution in [0.25, 0.3) is 0 Å². The molecule has 3 heteroatoms. The minimum atomic E-state index is -0.199. The van der Waals surface area contributed by atoms with E-state index in [0.29, 0.717) is 0 Å². The molecule has 0 aromatic carbocycles. The summed E-state index contributed by atoms with van der Waals surface area (Å²) in [5.74, 6) is 0. The Morgan fingerprint density at radius 2 is 0.611 bits per heavy atom. The van der Waals surface area contributed by atoms with Crippen LogP contribution in [0.5, 0.6) is 0 Å². The van der Waals surface area contributed by atoms with Crippen LogP contribution in [0, 0.1) is 0 Å². The van der Waals surface area contributed by atoms with Gasteiger partial charge in [0.2, 0.25) is 0 Å². The topological polar surface area (TPSA) is 20.2 Å². The Morgan fingerprint density at radius 3 is 0.861 bits per heavy atom. The number of hydrogen-bond acceptors (Lipinski definition) is 1. The number of hydrogen-bond donors (Lipinski definition) is 1. The summed E-state index contributed by atoms with van der Waals surface area (Å²) in [7, 11) is 9.24. The van der Waals surface area contributed by atoms with Crippen molar-refractivity contribution in [2.75, 3.05) is 54.4 Å². The third kappa shape index (κ3) is 25.5. The standard InChI is InChI=1S/C33H72N2O/c1-7-9-11-13-15-17-19-21-23-25-27-29-34(3,4)31-33(36)32-35(5,6)30-28-26-24-22-20-18-16-14-12-10-8-2/h33,36H,7-32H2,1-6H3/q+2. The minimum Gasteiger partial charge on any atom is -0.382 e. The second-order valence-electron chi connectivity index (χ2n) is 13.4. The Hall–Kier alpha value is -0.120. The van der Waals surface area contributed by atoms with Crippen LogP contribution in [-0.2, 0) is 0 Å². The molecule has 0 heterocycles. The molecule has 0 aliphatic rings. The van der Waals surface area contributed by atoms with E-state index >= 15 is 0 Å². The van der Waals surface area contributed by atoms with E-state index in [1.54, 1.807) is 0 Å². The largest absolute Gasteiger partial charge is 0.382 e. The molecule has 0 aliphatic carbocycles. The fourth-order valence-electron chi connectivity index (χ4n) is 5.79. The van der Waals surface area contributed by atoms with Crippen molar-refractivity contribution in [3.8, 4) is 0 Å². The Labute approximate surface area is 229 Å². The normalized spacial score (nSPS) is 12.7. The van der Waals surface area contributed by atoms with Crippen LogP contribution in [-0.4, -0.2) is 74.5 Å². The Bertz CT molecular complexity index is 409. The van der Waals surface area contributed by atoms with E-state index in [1.165, 1.54) is 154 Å². The summed E-state index contributed by atoms with van der Waals surface area (Å²) in [4.78, 5) is 0. The smallest absolute Gasteiger partial charge is 0.152 e. The first-order chi connectivity index (χ1) is 17.2. The van der Waals surface area contributed by atoms with Crippen LogP contribution in [0.3, 0.4) is 0 Å². The predicted octanol–water partition coefficient (Wildman–Crippen LogP) is 9.12. The molecule has 36 heavy (non-hydrogen) atoms. The lowest BCUT2D eigenvalue weighted by Gasteiger charge is -2.36. The second-order valence-corrected chi connectivity index (χ2v) is 13.4. The maximum Gasteiger partial charge on any atom is 0.152 e. The van der Waals surface area contributed by atoms with Crippen LogP contribution in [0.4, 0.5) is 0 Å². The van der Waals surface area contributed by atoms with Gasteiger partial charge >= 0.3 is 0 Å². The average molecular weight is 513 g/mol. The zero-order valence-corrected chi connectivity index (χ0v) is 26.3. The van der Waals surface area contributed by atoms with E-state index in [1.807, 2.05) is 0 Å². The summed E-state index contributed by atoms with van der Waals surface area (Å²) >= 11 is 0. The highest BCUT2D eigenvalue weighted by Crippen LogP contribution is 2.15. The number of unbranched alkanes of at least 4 members (excludes halogenated alkanes) is 20. The van der Waals surface area contributed by atoms with Gasteiger partial charge in [0, 0.05) is 0 Å².